The molecule has 0 spiro atoms. The predicted octanol–water partition coefficient (Wildman–Crippen LogP) is 1.93. The lowest BCUT2D eigenvalue weighted by molar-refractivity contribution is 0.0934. The van der Waals surface area contributed by atoms with E-state index in [1.807, 2.05) is 6.92 Å². The van der Waals surface area contributed by atoms with Gasteiger partial charge in [0, 0.05) is 29.9 Å². The molecule has 0 bridgehead atoms. The molecule has 1 atom stereocenters. The molecular weight excluding hydrogens is 240 g/mol. The monoisotopic (exact) mass is 256 g/mol. The van der Waals surface area contributed by atoms with E-state index in [-0.39, 0.29) is 11.8 Å². The number of rotatable bonds is 5. The van der Waals surface area contributed by atoms with Crippen molar-refractivity contribution in [1.29, 1.82) is 0 Å². The number of methoxy groups -OCH3 is 1. The minimum atomic E-state index is -0.179. The van der Waals surface area contributed by atoms with Gasteiger partial charge in [0.1, 0.15) is 0 Å². The van der Waals surface area contributed by atoms with Gasteiger partial charge in [0.25, 0.3) is 5.91 Å². The molecule has 0 aliphatic carbocycles. The predicted molar refractivity (Wildman–Crippen MR) is 69.2 cm³/mol. The van der Waals surface area contributed by atoms with Gasteiger partial charge in [0.05, 0.1) is 6.61 Å². The highest BCUT2D eigenvalue weighted by molar-refractivity contribution is 6.31. The fourth-order valence-corrected chi connectivity index (χ4v) is 1.70. The summed E-state index contributed by atoms with van der Waals surface area (Å²) in [4.78, 5) is 11.8. The van der Waals surface area contributed by atoms with E-state index in [9.17, 15) is 4.79 Å². The van der Waals surface area contributed by atoms with Crippen molar-refractivity contribution in [2.45, 2.75) is 6.92 Å². The number of nitrogen functional groups attached to an aromatic ring is 1. The normalized spacial score (nSPS) is 12.2. The van der Waals surface area contributed by atoms with Gasteiger partial charge in [0.2, 0.25) is 0 Å². The maximum Gasteiger partial charge on any atom is 0.251 e. The topological polar surface area (TPSA) is 64.3 Å². The molecule has 0 radical (unpaired) electrons. The summed E-state index contributed by atoms with van der Waals surface area (Å²) in [5.74, 6) is 0.0858. The average molecular weight is 257 g/mol. The summed E-state index contributed by atoms with van der Waals surface area (Å²) in [6.45, 7) is 3.16. The van der Waals surface area contributed by atoms with E-state index in [0.717, 1.165) is 0 Å². The van der Waals surface area contributed by atoms with Crippen LogP contribution in [-0.2, 0) is 4.74 Å². The second kappa shape index (κ2) is 6.47. The number of hydrogen-bond donors (Lipinski definition) is 2. The van der Waals surface area contributed by atoms with E-state index in [1.165, 1.54) is 0 Å². The van der Waals surface area contributed by atoms with Gasteiger partial charge >= 0.3 is 0 Å². The summed E-state index contributed by atoms with van der Waals surface area (Å²) in [6, 6.07) is 4.79. The van der Waals surface area contributed by atoms with Crippen LogP contribution >= 0.6 is 11.6 Å². The smallest absolute Gasteiger partial charge is 0.251 e. The molecule has 5 heteroatoms. The lowest BCUT2D eigenvalue weighted by Gasteiger charge is -2.11. The van der Waals surface area contributed by atoms with Gasteiger partial charge in [-0.05, 0) is 24.1 Å². The number of ether oxygens (including phenoxy) is 1. The highest BCUT2D eigenvalue weighted by Gasteiger charge is 2.09. The van der Waals surface area contributed by atoms with Crippen molar-refractivity contribution < 1.29 is 9.53 Å². The molecule has 0 aromatic heterocycles. The molecule has 0 aliphatic heterocycles. The van der Waals surface area contributed by atoms with E-state index in [4.69, 9.17) is 22.1 Å². The fourth-order valence-electron chi connectivity index (χ4n) is 1.46. The van der Waals surface area contributed by atoms with Crippen LogP contribution in [0.1, 0.15) is 17.3 Å². The fraction of sp³-hybridized carbons (Fsp3) is 0.417. The summed E-state index contributed by atoms with van der Waals surface area (Å²) in [6.07, 6.45) is 0. The third-order valence-electron chi connectivity index (χ3n) is 2.24. The summed E-state index contributed by atoms with van der Waals surface area (Å²) in [7, 11) is 1.63. The number of hydrogen-bond acceptors (Lipinski definition) is 3. The largest absolute Gasteiger partial charge is 0.399 e. The summed E-state index contributed by atoms with van der Waals surface area (Å²) >= 11 is 5.83. The number of halogens is 1. The maximum atomic E-state index is 11.8. The van der Waals surface area contributed by atoms with Crippen LogP contribution in [0.5, 0.6) is 0 Å². The highest BCUT2D eigenvalue weighted by Crippen LogP contribution is 2.16. The molecule has 1 aromatic carbocycles. The molecule has 17 heavy (non-hydrogen) atoms. The SMILES string of the molecule is COCC(C)CNC(=O)c1cc(N)cc(Cl)c1. The number of carbonyl (C=O) groups is 1. The van der Waals surface area contributed by atoms with Crippen LogP contribution in [0.4, 0.5) is 5.69 Å². The number of anilines is 1. The maximum absolute atomic E-state index is 11.8. The standard InChI is InChI=1S/C12H17ClN2O2/c1-8(7-17-2)6-15-12(16)9-3-10(13)5-11(14)4-9/h3-5,8H,6-7,14H2,1-2H3,(H,15,16). The molecule has 0 saturated carbocycles. The van der Waals surface area contributed by atoms with E-state index < -0.39 is 0 Å². The Morgan fingerprint density at radius 1 is 1.53 bits per heavy atom. The number of amides is 1. The van der Waals surface area contributed by atoms with Crippen molar-refractivity contribution in [3.05, 3.63) is 28.8 Å². The van der Waals surface area contributed by atoms with Gasteiger partial charge in [-0.25, -0.2) is 0 Å². The van der Waals surface area contributed by atoms with Crippen molar-refractivity contribution >= 4 is 23.2 Å². The molecule has 0 heterocycles. The minimum Gasteiger partial charge on any atom is -0.399 e. The van der Waals surface area contributed by atoms with Gasteiger partial charge in [0.15, 0.2) is 0 Å². The number of carbonyl (C=O) groups excluding carboxylic acids is 1. The lowest BCUT2D eigenvalue weighted by atomic mass is 10.1. The molecule has 0 saturated heterocycles. The van der Waals surface area contributed by atoms with Crippen LogP contribution in [0.3, 0.4) is 0 Å². The van der Waals surface area contributed by atoms with Crippen molar-refractivity contribution in [3.63, 3.8) is 0 Å². The van der Waals surface area contributed by atoms with Crippen LogP contribution in [0.2, 0.25) is 5.02 Å². The quantitative estimate of drug-likeness (QED) is 0.792. The van der Waals surface area contributed by atoms with Gasteiger partial charge in [-0.2, -0.15) is 0 Å². The van der Waals surface area contributed by atoms with Crippen molar-refractivity contribution in [2.24, 2.45) is 5.92 Å². The number of nitrogens with two attached hydrogens (primary N) is 1. The molecule has 0 aliphatic rings. The lowest BCUT2D eigenvalue weighted by Crippen LogP contribution is -2.29. The van der Waals surface area contributed by atoms with Crippen LogP contribution in [0, 0.1) is 5.92 Å². The van der Waals surface area contributed by atoms with Crippen molar-refractivity contribution in [3.8, 4) is 0 Å². The van der Waals surface area contributed by atoms with Crippen molar-refractivity contribution in [2.75, 3.05) is 26.0 Å². The molecule has 94 valence electrons. The molecular formula is C12H17ClN2O2. The van der Waals surface area contributed by atoms with Gasteiger partial charge in [-0.15, -0.1) is 0 Å². The molecule has 4 nitrogen and oxygen atoms in total. The van der Waals surface area contributed by atoms with Gasteiger partial charge in [-0.3, -0.25) is 4.79 Å². The number of nitrogens with one attached hydrogen (secondary N) is 1. The first kappa shape index (κ1) is 13.8. The first-order valence-electron chi connectivity index (χ1n) is 5.36. The number of benzene rings is 1. The Morgan fingerprint density at radius 2 is 2.24 bits per heavy atom. The Morgan fingerprint density at radius 3 is 2.82 bits per heavy atom. The second-order valence-electron chi connectivity index (χ2n) is 4.04. The van der Waals surface area contributed by atoms with E-state index >= 15 is 0 Å². The van der Waals surface area contributed by atoms with Crippen LogP contribution in [0.25, 0.3) is 0 Å². The second-order valence-corrected chi connectivity index (χ2v) is 4.48. The molecule has 3 N–H and O–H groups in total. The summed E-state index contributed by atoms with van der Waals surface area (Å²) in [5, 5.41) is 3.26. The average Bonchev–Trinajstić information content (AvgIpc) is 2.25. The Kier molecular flexibility index (Phi) is 5.25. The third kappa shape index (κ3) is 4.63. The van der Waals surface area contributed by atoms with Crippen LogP contribution < -0.4 is 11.1 Å². The van der Waals surface area contributed by atoms with E-state index in [1.54, 1.807) is 25.3 Å². The molecule has 0 fully saturated rings. The van der Waals surface area contributed by atoms with Gasteiger partial charge < -0.3 is 15.8 Å². The molecule has 1 rings (SSSR count). The summed E-state index contributed by atoms with van der Waals surface area (Å²) in [5.41, 5.74) is 6.57. The Hall–Kier alpha value is -1.26. The summed E-state index contributed by atoms with van der Waals surface area (Å²) < 4.78 is 4.99. The Labute approximate surface area is 106 Å². The first-order chi connectivity index (χ1) is 8.02. The first-order valence-corrected chi connectivity index (χ1v) is 5.74. The zero-order valence-corrected chi connectivity index (χ0v) is 10.8. The zero-order chi connectivity index (χ0) is 12.8. The van der Waals surface area contributed by atoms with Crippen LogP contribution in [-0.4, -0.2) is 26.2 Å². The molecule has 1 unspecified atom stereocenters. The highest BCUT2D eigenvalue weighted by atomic mass is 35.5. The molecule has 1 amide bonds. The minimum absolute atomic E-state index is 0.179. The van der Waals surface area contributed by atoms with Crippen molar-refractivity contribution in [1.82, 2.24) is 5.32 Å². The zero-order valence-electron chi connectivity index (χ0n) is 10.00. The van der Waals surface area contributed by atoms with E-state index in [0.29, 0.717) is 29.4 Å². The Bertz CT molecular complexity index is 376. The van der Waals surface area contributed by atoms with E-state index in [2.05, 4.69) is 5.32 Å². The van der Waals surface area contributed by atoms with Gasteiger partial charge in [-0.1, -0.05) is 18.5 Å². The molecule has 1 aromatic rings. The Balaban J connectivity index is 2.58. The third-order valence-corrected chi connectivity index (χ3v) is 2.46. The van der Waals surface area contributed by atoms with Crippen LogP contribution in [0.15, 0.2) is 18.2 Å².